The molecule has 5 nitrogen and oxygen atoms in total. The van der Waals surface area contributed by atoms with Crippen LogP contribution in [0.1, 0.15) is 45.9 Å². The number of amides is 1. The molecule has 0 aliphatic carbocycles. The summed E-state index contributed by atoms with van der Waals surface area (Å²) in [5, 5.41) is 0. The van der Waals surface area contributed by atoms with Crippen LogP contribution in [0.2, 0.25) is 0 Å². The molecule has 1 aromatic rings. The largest absolute Gasteiger partial charge is 0.467 e. The van der Waals surface area contributed by atoms with Gasteiger partial charge in [-0.25, -0.2) is 4.79 Å². The van der Waals surface area contributed by atoms with Crippen LogP contribution in [0, 0.1) is 5.92 Å². The molecule has 2 atom stereocenters. The third kappa shape index (κ3) is 5.42. The highest BCUT2D eigenvalue weighted by atomic mass is 16.6. The zero-order valence-corrected chi connectivity index (χ0v) is 13.9. The second kappa shape index (κ2) is 7.50. The quantitative estimate of drug-likeness (QED) is 0.800. The van der Waals surface area contributed by atoms with Gasteiger partial charge < -0.3 is 18.8 Å². The highest BCUT2D eigenvalue weighted by Crippen LogP contribution is 2.31. The van der Waals surface area contributed by atoms with Crippen molar-refractivity contribution in [3.05, 3.63) is 24.2 Å². The van der Waals surface area contributed by atoms with E-state index < -0.39 is 5.60 Å². The summed E-state index contributed by atoms with van der Waals surface area (Å²) in [6, 6.07) is 3.54. The lowest BCUT2D eigenvalue weighted by atomic mass is 9.95. The van der Waals surface area contributed by atoms with Crippen molar-refractivity contribution in [1.29, 1.82) is 0 Å². The van der Waals surface area contributed by atoms with Gasteiger partial charge in [0.15, 0.2) is 0 Å². The summed E-state index contributed by atoms with van der Waals surface area (Å²) in [6.07, 6.45) is 2.09. The number of furan rings is 1. The van der Waals surface area contributed by atoms with Gasteiger partial charge >= 0.3 is 6.09 Å². The Labute approximate surface area is 127 Å². The summed E-state index contributed by atoms with van der Waals surface area (Å²) in [7, 11) is 3.41. The molecule has 0 saturated heterocycles. The van der Waals surface area contributed by atoms with Crippen molar-refractivity contribution in [3.63, 3.8) is 0 Å². The van der Waals surface area contributed by atoms with Gasteiger partial charge in [0, 0.05) is 20.8 Å². The van der Waals surface area contributed by atoms with Gasteiger partial charge in [0.1, 0.15) is 11.4 Å². The molecule has 1 amide bonds. The van der Waals surface area contributed by atoms with E-state index in [1.807, 2.05) is 32.9 Å². The molecule has 0 aliphatic heterocycles. The lowest BCUT2D eigenvalue weighted by molar-refractivity contribution is 0.0122. The van der Waals surface area contributed by atoms with Crippen LogP contribution >= 0.6 is 0 Å². The van der Waals surface area contributed by atoms with Crippen LogP contribution in [-0.4, -0.2) is 37.4 Å². The van der Waals surface area contributed by atoms with Gasteiger partial charge in [0.2, 0.25) is 0 Å². The van der Waals surface area contributed by atoms with E-state index in [4.69, 9.17) is 13.9 Å². The van der Waals surface area contributed by atoms with Crippen molar-refractivity contribution in [1.82, 2.24) is 4.90 Å². The molecule has 0 aliphatic rings. The van der Waals surface area contributed by atoms with Crippen molar-refractivity contribution >= 4 is 6.09 Å². The van der Waals surface area contributed by atoms with Crippen LogP contribution in [0.5, 0.6) is 0 Å². The van der Waals surface area contributed by atoms with E-state index in [-0.39, 0.29) is 18.1 Å². The Morgan fingerprint density at radius 2 is 2.10 bits per heavy atom. The average molecular weight is 297 g/mol. The number of nitrogens with zero attached hydrogens (tertiary/aromatic N) is 1. The number of rotatable bonds is 6. The minimum absolute atomic E-state index is 0.176. The molecule has 120 valence electrons. The molecule has 1 aromatic heterocycles. The van der Waals surface area contributed by atoms with E-state index in [0.717, 1.165) is 12.2 Å². The van der Waals surface area contributed by atoms with Crippen LogP contribution in [0.3, 0.4) is 0 Å². The molecule has 0 bridgehead atoms. The smallest absolute Gasteiger partial charge is 0.410 e. The topological polar surface area (TPSA) is 51.9 Å². The second-order valence-electron chi connectivity index (χ2n) is 6.31. The van der Waals surface area contributed by atoms with Crippen LogP contribution in [0.25, 0.3) is 0 Å². The Hall–Kier alpha value is -1.49. The summed E-state index contributed by atoms with van der Waals surface area (Å²) in [5.41, 5.74) is -0.519. The Morgan fingerprint density at radius 3 is 2.57 bits per heavy atom. The summed E-state index contributed by atoms with van der Waals surface area (Å²) < 4.78 is 16.1. The third-order valence-electron chi connectivity index (χ3n) is 3.25. The number of hydrogen-bond donors (Lipinski definition) is 0. The first-order chi connectivity index (χ1) is 9.76. The van der Waals surface area contributed by atoms with Gasteiger partial charge in [-0.3, -0.25) is 0 Å². The highest BCUT2D eigenvalue weighted by Gasteiger charge is 2.31. The monoisotopic (exact) mass is 297 g/mol. The molecule has 0 saturated carbocycles. The molecule has 1 rings (SSSR count). The SMILES string of the molecule is COCCC(C)C(c1ccco1)N(C)C(=O)OC(C)(C)C. The molecule has 0 N–H and O–H groups in total. The summed E-state index contributed by atoms with van der Waals surface area (Å²) >= 11 is 0. The van der Waals surface area contributed by atoms with Crippen molar-refractivity contribution in [2.45, 2.75) is 45.8 Å². The average Bonchev–Trinajstić information content (AvgIpc) is 2.88. The minimum Gasteiger partial charge on any atom is -0.467 e. The highest BCUT2D eigenvalue weighted by molar-refractivity contribution is 5.68. The van der Waals surface area contributed by atoms with Gasteiger partial charge in [0.25, 0.3) is 0 Å². The maximum Gasteiger partial charge on any atom is 0.410 e. The molecular weight excluding hydrogens is 270 g/mol. The first-order valence-corrected chi connectivity index (χ1v) is 7.24. The summed E-state index contributed by atoms with van der Waals surface area (Å²) in [5.74, 6) is 0.945. The Kier molecular flexibility index (Phi) is 6.27. The number of ether oxygens (including phenoxy) is 2. The standard InChI is InChI=1S/C16H27NO4/c1-12(9-11-19-6)14(13-8-7-10-20-13)17(5)15(18)21-16(2,3)4/h7-8,10,12,14H,9,11H2,1-6H3. The minimum atomic E-state index is -0.519. The molecule has 1 heterocycles. The summed E-state index contributed by atoms with van der Waals surface area (Å²) in [4.78, 5) is 13.9. The van der Waals surface area contributed by atoms with Gasteiger partial charge in [-0.2, -0.15) is 0 Å². The van der Waals surface area contributed by atoms with Crippen molar-refractivity contribution in [2.24, 2.45) is 5.92 Å². The van der Waals surface area contributed by atoms with Crippen LogP contribution in [-0.2, 0) is 9.47 Å². The molecule has 0 radical (unpaired) electrons. The molecule has 5 heteroatoms. The first-order valence-electron chi connectivity index (χ1n) is 7.24. The van der Waals surface area contributed by atoms with E-state index in [1.165, 1.54) is 0 Å². The molecular formula is C16H27NO4. The van der Waals surface area contributed by atoms with E-state index in [9.17, 15) is 4.79 Å². The fraction of sp³-hybridized carbons (Fsp3) is 0.688. The lowest BCUT2D eigenvalue weighted by Crippen LogP contribution is -2.39. The fourth-order valence-corrected chi connectivity index (χ4v) is 2.22. The number of carbonyl (C=O) groups is 1. The first kappa shape index (κ1) is 17.6. The zero-order valence-electron chi connectivity index (χ0n) is 13.9. The van der Waals surface area contributed by atoms with Crippen LogP contribution in [0.15, 0.2) is 22.8 Å². The van der Waals surface area contributed by atoms with E-state index >= 15 is 0 Å². The van der Waals surface area contributed by atoms with Crippen LogP contribution in [0.4, 0.5) is 4.79 Å². The molecule has 0 spiro atoms. The maximum atomic E-state index is 12.3. The predicted molar refractivity (Wildman–Crippen MR) is 81.1 cm³/mol. The second-order valence-corrected chi connectivity index (χ2v) is 6.31. The maximum absolute atomic E-state index is 12.3. The van der Waals surface area contributed by atoms with Gasteiger partial charge in [-0.05, 0) is 45.2 Å². The van der Waals surface area contributed by atoms with Crippen molar-refractivity contribution in [2.75, 3.05) is 20.8 Å². The Morgan fingerprint density at radius 1 is 1.43 bits per heavy atom. The normalized spacial score (nSPS) is 14.6. The number of hydrogen-bond acceptors (Lipinski definition) is 4. The Balaban J connectivity index is 2.88. The molecule has 21 heavy (non-hydrogen) atoms. The molecule has 0 fully saturated rings. The lowest BCUT2D eigenvalue weighted by Gasteiger charge is -2.33. The molecule has 2 unspecified atom stereocenters. The Bertz CT molecular complexity index is 422. The van der Waals surface area contributed by atoms with Gasteiger partial charge in [-0.1, -0.05) is 6.92 Å². The zero-order chi connectivity index (χ0) is 16.0. The predicted octanol–water partition coefficient (Wildman–Crippen LogP) is 3.86. The number of methoxy groups -OCH3 is 1. The van der Waals surface area contributed by atoms with Crippen molar-refractivity contribution < 1.29 is 18.7 Å². The van der Waals surface area contributed by atoms with Gasteiger partial charge in [-0.15, -0.1) is 0 Å². The molecule has 0 aromatic carbocycles. The van der Waals surface area contributed by atoms with E-state index in [1.54, 1.807) is 25.3 Å². The van der Waals surface area contributed by atoms with Crippen molar-refractivity contribution in [3.8, 4) is 0 Å². The third-order valence-corrected chi connectivity index (χ3v) is 3.25. The van der Waals surface area contributed by atoms with E-state index in [0.29, 0.717) is 6.61 Å². The number of carbonyl (C=O) groups excluding carboxylic acids is 1. The van der Waals surface area contributed by atoms with Crippen LogP contribution < -0.4 is 0 Å². The van der Waals surface area contributed by atoms with E-state index in [2.05, 4.69) is 6.92 Å². The van der Waals surface area contributed by atoms with Gasteiger partial charge in [0.05, 0.1) is 12.3 Å². The fourth-order valence-electron chi connectivity index (χ4n) is 2.22. The summed E-state index contributed by atoms with van der Waals surface area (Å²) in [6.45, 7) is 8.28.